The molecule has 0 aliphatic carbocycles. The molecule has 1 amide bonds. The molecular weight excluding hydrogens is 222 g/mol. The number of hydrogen-bond donors (Lipinski definition) is 1. The lowest BCUT2D eigenvalue weighted by Crippen LogP contribution is -2.42. The van der Waals surface area contributed by atoms with Gasteiger partial charge in [-0.1, -0.05) is 0 Å². The first-order valence-corrected chi connectivity index (χ1v) is 5.96. The van der Waals surface area contributed by atoms with Gasteiger partial charge in [0.15, 0.2) is 0 Å². The van der Waals surface area contributed by atoms with E-state index in [0.717, 1.165) is 0 Å². The molecule has 0 rings (SSSR count). The lowest BCUT2D eigenvalue weighted by atomic mass is 10.2. The summed E-state index contributed by atoms with van der Waals surface area (Å²) in [5.41, 5.74) is 0. The van der Waals surface area contributed by atoms with E-state index in [4.69, 9.17) is 0 Å². The molecule has 0 saturated heterocycles. The number of carbonyl (C=O) groups excluding carboxylic acids is 2. The monoisotopic (exact) mass is 237 g/mol. The van der Waals surface area contributed by atoms with E-state index in [-0.39, 0.29) is 6.42 Å². The van der Waals surface area contributed by atoms with Crippen LogP contribution < -0.4 is 5.32 Å². The lowest BCUT2D eigenvalue weighted by Gasteiger charge is -2.14. The molecule has 0 bridgehead atoms. The Morgan fingerprint density at radius 2 is 1.93 bits per heavy atom. The zero-order valence-corrected chi connectivity index (χ0v) is 9.76. The zero-order chi connectivity index (χ0) is 11.8. The number of carbonyl (C=O) groups is 2. The Labute approximate surface area is 90.8 Å². The Morgan fingerprint density at radius 3 is 2.33 bits per heavy atom. The highest BCUT2D eigenvalue weighted by atomic mass is 32.2. The van der Waals surface area contributed by atoms with Gasteiger partial charge < -0.3 is 14.8 Å². The Kier molecular flexibility index (Phi) is 6.68. The van der Waals surface area contributed by atoms with E-state index in [1.54, 1.807) is 0 Å². The molecular formula is C8H15NO5S. The maximum Gasteiger partial charge on any atom is 0.407 e. The smallest absolute Gasteiger partial charge is 0.407 e. The summed E-state index contributed by atoms with van der Waals surface area (Å²) < 4.78 is 19.7. The quantitative estimate of drug-likeness (QED) is 0.661. The number of methoxy groups -OCH3 is 2. The molecule has 88 valence electrons. The van der Waals surface area contributed by atoms with Crippen LogP contribution in [0.1, 0.15) is 6.42 Å². The van der Waals surface area contributed by atoms with Crippen molar-refractivity contribution in [3.05, 3.63) is 0 Å². The molecule has 0 heterocycles. The first kappa shape index (κ1) is 13.9. The summed E-state index contributed by atoms with van der Waals surface area (Å²) in [4.78, 5) is 22.1. The summed E-state index contributed by atoms with van der Waals surface area (Å²) in [5.74, 6) is -0.269. The number of hydrogen-bond acceptors (Lipinski definition) is 5. The fraction of sp³-hybridized carbons (Fsp3) is 0.750. The largest absolute Gasteiger partial charge is 0.467 e. The maximum atomic E-state index is 11.2. The number of esters is 1. The summed E-state index contributed by atoms with van der Waals surface area (Å²) in [5, 5.41) is 2.30. The fourth-order valence-electron chi connectivity index (χ4n) is 0.876. The Bertz CT molecular complexity index is 255. The summed E-state index contributed by atoms with van der Waals surface area (Å²) >= 11 is 0. The molecule has 2 atom stereocenters. The normalized spacial score (nSPS) is 13.8. The number of ether oxygens (including phenoxy) is 2. The molecule has 1 unspecified atom stereocenters. The molecule has 0 saturated carbocycles. The van der Waals surface area contributed by atoms with Gasteiger partial charge in [-0.25, -0.2) is 9.59 Å². The molecule has 7 heteroatoms. The van der Waals surface area contributed by atoms with Crippen molar-refractivity contribution >= 4 is 22.9 Å². The van der Waals surface area contributed by atoms with Crippen LogP contribution in [-0.2, 0) is 25.1 Å². The topological polar surface area (TPSA) is 81.7 Å². The van der Waals surface area contributed by atoms with Crippen LogP contribution in [0.4, 0.5) is 4.79 Å². The van der Waals surface area contributed by atoms with Crippen molar-refractivity contribution < 1.29 is 23.3 Å². The number of nitrogens with one attached hydrogen (secondary N) is 1. The number of rotatable bonds is 5. The van der Waals surface area contributed by atoms with E-state index in [0.29, 0.717) is 5.75 Å². The average Bonchev–Trinajstić information content (AvgIpc) is 2.22. The third-order valence-electron chi connectivity index (χ3n) is 1.66. The summed E-state index contributed by atoms with van der Waals surface area (Å²) in [6, 6.07) is -0.814. The second kappa shape index (κ2) is 7.22. The molecule has 15 heavy (non-hydrogen) atoms. The van der Waals surface area contributed by atoms with Crippen molar-refractivity contribution in [3.63, 3.8) is 0 Å². The van der Waals surface area contributed by atoms with Gasteiger partial charge in [0.2, 0.25) is 0 Å². The van der Waals surface area contributed by atoms with Gasteiger partial charge in [-0.3, -0.25) is 4.21 Å². The SMILES string of the molecule is COC(=O)N[C@H](CCS(C)=O)C(=O)OC. The van der Waals surface area contributed by atoms with Crippen LogP contribution in [0.25, 0.3) is 0 Å². The molecule has 0 aliphatic heterocycles. The Hall–Kier alpha value is -1.11. The van der Waals surface area contributed by atoms with E-state index in [1.165, 1.54) is 20.5 Å². The first-order chi connectivity index (χ1) is 7.01. The molecule has 0 aromatic rings. The first-order valence-electron chi connectivity index (χ1n) is 4.23. The van der Waals surface area contributed by atoms with Gasteiger partial charge in [-0.2, -0.15) is 0 Å². The summed E-state index contributed by atoms with van der Waals surface area (Å²) in [6.07, 6.45) is 1.06. The van der Waals surface area contributed by atoms with Gasteiger partial charge in [0.05, 0.1) is 14.2 Å². The van der Waals surface area contributed by atoms with Gasteiger partial charge in [-0.05, 0) is 6.42 Å². The van der Waals surface area contributed by atoms with E-state index < -0.39 is 28.9 Å². The second-order valence-corrected chi connectivity index (χ2v) is 4.33. The van der Waals surface area contributed by atoms with Crippen LogP contribution in [0.5, 0.6) is 0 Å². The lowest BCUT2D eigenvalue weighted by molar-refractivity contribution is -0.143. The average molecular weight is 237 g/mol. The number of alkyl carbamates (subject to hydrolysis) is 1. The van der Waals surface area contributed by atoms with Crippen LogP contribution in [0.2, 0.25) is 0 Å². The summed E-state index contributed by atoms with van der Waals surface area (Å²) in [7, 11) is 1.39. The second-order valence-electron chi connectivity index (χ2n) is 2.78. The van der Waals surface area contributed by atoms with Crippen molar-refractivity contribution in [1.82, 2.24) is 5.32 Å². The molecule has 0 aliphatic rings. The van der Waals surface area contributed by atoms with E-state index in [2.05, 4.69) is 14.8 Å². The van der Waals surface area contributed by atoms with Gasteiger partial charge in [0.25, 0.3) is 0 Å². The Morgan fingerprint density at radius 1 is 1.33 bits per heavy atom. The van der Waals surface area contributed by atoms with Gasteiger partial charge in [0.1, 0.15) is 6.04 Å². The summed E-state index contributed by atoms with van der Waals surface area (Å²) in [6.45, 7) is 0. The molecule has 0 aromatic carbocycles. The van der Waals surface area contributed by atoms with Crippen LogP contribution in [0, 0.1) is 0 Å². The van der Waals surface area contributed by atoms with Gasteiger partial charge >= 0.3 is 12.1 Å². The highest BCUT2D eigenvalue weighted by molar-refractivity contribution is 7.84. The van der Waals surface area contributed by atoms with Crippen LogP contribution in [0.15, 0.2) is 0 Å². The van der Waals surface area contributed by atoms with Gasteiger partial charge in [0, 0.05) is 22.8 Å². The van der Waals surface area contributed by atoms with Crippen LogP contribution >= 0.6 is 0 Å². The molecule has 6 nitrogen and oxygen atoms in total. The third-order valence-corrected chi connectivity index (χ3v) is 2.47. The van der Waals surface area contributed by atoms with Crippen LogP contribution in [0.3, 0.4) is 0 Å². The highest BCUT2D eigenvalue weighted by Crippen LogP contribution is 1.97. The van der Waals surface area contributed by atoms with Crippen molar-refractivity contribution in [3.8, 4) is 0 Å². The third kappa shape index (κ3) is 6.05. The predicted molar refractivity (Wildman–Crippen MR) is 54.9 cm³/mol. The van der Waals surface area contributed by atoms with E-state index >= 15 is 0 Å². The molecule has 1 N–H and O–H groups in total. The zero-order valence-electron chi connectivity index (χ0n) is 8.94. The maximum absolute atomic E-state index is 11.2. The van der Waals surface area contributed by atoms with Crippen molar-refractivity contribution in [1.29, 1.82) is 0 Å². The van der Waals surface area contributed by atoms with Crippen molar-refractivity contribution in [2.45, 2.75) is 12.5 Å². The molecule has 0 fully saturated rings. The van der Waals surface area contributed by atoms with E-state index in [1.807, 2.05) is 0 Å². The standard InChI is InChI=1S/C8H15NO5S/c1-13-7(10)6(4-5-15(3)12)9-8(11)14-2/h6H,4-5H2,1-3H3,(H,9,11)/t6-,15?/m1/s1. The molecule has 0 spiro atoms. The minimum atomic E-state index is -1.02. The minimum absolute atomic E-state index is 0.255. The van der Waals surface area contributed by atoms with Crippen molar-refractivity contribution in [2.24, 2.45) is 0 Å². The highest BCUT2D eigenvalue weighted by Gasteiger charge is 2.21. The Balaban J connectivity index is 4.24. The van der Waals surface area contributed by atoms with Crippen molar-refractivity contribution in [2.75, 3.05) is 26.2 Å². The predicted octanol–water partition coefficient (Wildman–Crippen LogP) is -0.347. The number of amides is 1. The minimum Gasteiger partial charge on any atom is -0.467 e. The molecule has 0 radical (unpaired) electrons. The fourth-order valence-corrected chi connectivity index (χ4v) is 1.44. The molecule has 0 aromatic heterocycles. The van der Waals surface area contributed by atoms with E-state index in [9.17, 15) is 13.8 Å². The van der Waals surface area contributed by atoms with Crippen LogP contribution in [-0.4, -0.2) is 48.5 Å². The van der Waals surface area contributed by atoms with Gasteiger partial charge in [-0.15, -0.1) is 0 Å².